The number of carboxylic acids is 2. The summed E-state index contributed by atoms with van der Waals surface area (Å²) in [6.07, 6.45) is 0.714. The van der Waals surface area contributed by atoms with Crippen molar-refractivity contribution in [1.82, 2.24) is 0 Å². The van der Waals surface area contributed by atoms with Crippen molar-refractivity contribution in [2.45, 2.75) is 0 Å². The van der Waals surface area contributed by atoms with Gasteiger partial charge in [0.25, 0.3) is 0 Å². The predicted molar refractivity (Wildman–Crippen MR) is 62.9 cm³/mol. The van der Waals surface area contributed by atoms with Gasteiger partial charge in [-0.2, -0.15) is 0 Å². The Morgan fingerprint density at radius 3 is 2.32 bits per heavy atom. The van der Waals surface area contributed by atoms with Crippen LogP contribution in [0.3, 0.4) is 0 Å². The number of rotatable bonds is 5. The maximum absolute atomic E-state index is 10.9. The third-order valence-electron chi connectivity index (χ3n) is 2.19. The average molecular weight is 267 g/mol. The van der Waals surface area contributed by atoms with E-state index >= 15 is 0 Å². The van der Waals surface area contributed by atoms with E-state index in [4.69, 9.17) is 14.9 Å². The van der Waals surface area contributed by atoms with E-state index in [0.717, 1.165) is 0 Å². The number of carboxylic acid groups (broad SMARTS) is 2. The predicted octanol–water partition coefficient (Wildman–Crippen LogP) is 1.16. The lowest BCUT2D eigenvalue weighted by Crippen LogP contribution is -2.11. The molecule has 100 valence electrons. The Kier molecular flexibility index (Phi) is 4.19. The molecule has 0 amide bonds. The quantitative estimate of drug-likeness (QED) is 0.269. The second-order valence-electron chi connectivity index (χ2n) is 3.32. The second kappa shape index (κ2) is 5.63. The fourth-order valence-electron chi connectivity index (χ4n) is 1.39. The highest BCUT2D eigenvalue weighted by molar-refractivity contribution is 6.16. The molecule has 0 aromatic heterocycles. The first kappa shape index (κ1) is 14.2. The number of aliphatic carboxylic acids is 2. The summed E-state index contributed by atoms with van der Waals surface area (Å²) in [6.45, 7) is 0. The van der Waals surface area contributed by atoms with Gasteiger partial charge in [-0.15, -0.1) is 0 Å². The minimum Gasteiger partial charge on any atom is -0.490 e. The number of ether oxygens (including phenoxy) is 1. The van der Waals surface area contributed by atoms with Crippen LogP contribution in [0.15, 0.2) is 23.8 Å². The maximum atomic E-state index is 10.9. The molecule has 0 saturated heterocycles. The zero-order valence-electron chi connectivity index (χ0n) is 9.69. The minimum atomic E-state index is -1.69. The molecule has 19 heavy (non-hydrogen) atoms. The minimum absolute atomic E-state index is 0.0890. The molecule has 0 heterocycles. The van der Waals surface area contributed by atoms with Crippen LogP contribution in [0.2, 0.25) is 0 Å². The fraction of sp³-hybridized carbons (Fsp3) is 0.0909. The van der Waals surface area contributed by atoms with Crippen LogP contribution in [0.1, 0.15) is 5.56 Å². The third kappa shape index (κ3) is 3.06. The highest BCUT2D eigenvalue weighted by atomic mass is 16.6. The fourth-order valence-corrected chi connectivity index (χ4v) is 1.39. The van der Waals surface area contributed by atoms with Crippen molar-refractivity contribution >= 4 is 23.7 Å². The number of nitrogens with zero attached hydrogens (tertiary/aromatic N) is 1. The maximum Gasteiger partial charge on any atom is 0.343 e. The van der Waals surface area contributed by atoms with E-state index < -0.39 is 28.1 Å². The Hall–Kier alpha value is -2.90. The van der Waals surface area contributed by atoms with E-state index in [-0.39, 0.29) is 11.3 Å². The number of nitro groups is 1. The molecule has 0 fully saturated rings. The lowest BCUT2D eigenvalue weighted by Gasteiger charge is -2.04. The molecule has 0 unspecified atom stereocenters. The van der Waals surface area contributed by atoms with Gasteiger partial charge in [0.1, 0.15) is 5.57 Å². The van der Waals surface area contributed by atoms with Crippen LogP contribution >= 0.6 is 0 Å². The standard InChI is InChI=1S/C11H9NO7/c1-19-8-4-2-3-6(9(8)12(17)18)5-7(10(13)14)11(15)16/h2-5H,1H3,(H,13,14)(H,15,16). The van der Waals surface area contributed by atoms with Gasteiger partial charge in [-0.25, -0.2) is 9.59 Å². The third-order valence-corrected chi connectivity index (χ3v) is 2.19. The van der Waals surface area contributed by atoms with Crippen LogP contribution in [-0.4, -0.2) is 34.2 Å². The zero-order valence-corrected chi connectivity index (χ0v) is 9.69. The van der Waals surface area contributed by atoms with Crippen LogP contribution < -0.4 is 4.74 Å². The van der Waals surface area contributed by atoms with E-state index in [2.05, 4.69) is 0 Å². The van der Waals surface area contributed by atoms with Crippen LogP contribution in [0.4, 0.5) is 5.69 Å². The Morgan fingerprint density at radius 1 is 1.32 bits per heavy atom. The highest BCUT2D eigenvalue weighted by Gasteiger charge is 2.23. The van der Waals surface area contributed by atoms with Gasteiger partial charge in [-0.3, -0.25) is 10.1 Å². The molecular formula is C11H9NO7. The SMILES string of the molecule is COc1cccc(C=C(C(=O)O)C(=O)O)c1[N+](=O)[O-]. The molecule has 0 saturated carbocycles. The summed E-state index contributed by atoms with van der Waals surface area (Å²) in [5.41, 5.74) is -1.63. The van der Waals surface area contributed by atoms with E-state index in [1.54, 1.807) is 0 Å². The molecule has 0 atom stereocenters. The van der Waals surface area contributed by atoms with Gasteiger partial charge in [0.2, 0.25) is 0 Å². The van der Waals surface area contributed by atoms with Gasteiger partial charge in [-0.05, 0) is 18.2 Å². The molecule has 0 aliphatic heterocycles. The molecule has 2 N–H and O–H groups in total. The molecule has 0 aliphatic carbocycles. The van der Waals surface area contributed by atoms with Crippen molar-refractivity contribution in [1.29, 1.82) is 0 Å². The van der Waals surface area contributed by atoms with Crippen LogP contribution in [0, 0.1) is 10.1 Å². The molecule has 0 radical (unpaired) electrons. The summed E-state index contributed by atoms with van der Waals surface area (Å²) in [5, 5.41) is 28.3. The first-order valence-electron chi connectivity index (χ1n) is 4.88. The second-order valence-corrected chi connectivity index (χ2v) is 3.32. The van der Waals surface area contributed by atoms with Gasteiger partial charge in [0.05, 0.1) is 17.6 Å². The number of hydrogen-bond acceptors (Lipinski definition) is 5. The molecule has 8 nitrogen and oxygen atoms in total. The van der Waals surface area contributed by atoms with E-state index in [9.17, 15) is 19.7 Å². The smallest absolute Gasteiger partial charge is 0.343 e. The van der Waals surface area contributed by atoms with E-state index in [1.807, 2.05) is 0 Å². The molecule has 1 rings (SSSR count). The van der Waals surface area contributed by atoms with Gasteiger partial charge < -0.3 is 14.9 Å². The summed E-state index contributed by atoms with van der Waals surface area (Å²) >= 11 is 0. The summed E-state index contributed by atoms with van der Waals surface area (Å²) in [4.78, 5) is 31.6. The van der Waals surface area contributed by atoms with Gasteiger partial charge in [0, 0.05) is 0 Å². The molecule has 1 aromatic carbocycles. The van der Waals surface area contributed by atoms with Crippen molar-refractivity contribution in [3.63, 3.8) is 0 Å². The zero-order chi connectivity index (χ0) is 14.6. The van der Waals surface area contributed by atoms with Gasteiger partial charge in [0.15, 0.2) is 5.75 Å². The number of methoxy groups -OCH3 is 1. The first-order chi connectivity index (χ1) is 8.88. The van der Waals surface area contributed by atoms with Crippen molar-refractivity contribution in [2.75, 3.05) is 7.11 Å². The Morgan fingerprint density at radius 2 is 1.89 bits per heavy atom. The van der Waals surface area contributed by atoms with E-state index in [1.165, 1.54) is 25.3 Å². The lowest BCUT2D eigenvalue weighted by molar-refractivity contribution is -0.386. The molecule has 0 aliphatic rings. The van der Waals surface area contributed by atoms with E-state index in [0.29, 0.717) is 6.08 Å². The van der Waals surface area contributed by atoms with Crippen molar-refractivity contribution in [3.8, 4) is 5.75 Å². The van der Waals surface area contributed by atoms with Crippen molar-refractivity contribution in [2.24, 2.45) is 0 Å². The van der Waals surface area contributed by atoms with Gasteiger partial charge >= 0.3 is 17.6 Å². The van der Waals surface area contributed by atoms with Crippen molar-refractivity contribution < 1.29 is 29.5 Å². The molecule has 0 bridgehead atoms. The number of para-hydroxylation sites is 1. The van der Waals surface area contributed by atoms with Crippen LogP contribution in [0.5, 0.6) is 5.75 Å². The van der Waals surface area contributed by atoms with Crippen LogP contribution in [-0.2, 0) is 9.59 Å². The largest absolute Gasteiger partial charge is 0.490 e. The Balaban J connectivity index is 3.50. The number of hydrogen-bond donors (Lipinski definition) is 2. The Labute approximate surface area is 106 Å². The summed E-state index contributed by atoms with van der Waals surface area (Å²) in [7, 11) is 1.21. The highest BCUT2D eigenvalue weighted by Crippen LogP contribution is 2.31. The summed E-state index contributed by atoms with van der Waals surface area (Å²) < 4.78 is 4.78. The monoisotopic (exact) mass is 267 g/mol. The number of carbonyl (C=O) groups is 2. The summed E-state index contributed by atoms with van der Waals surface area (Å²) in [5.74, 6) is -3.47. The Bertz CT molecular complexity index is 560. The topological polar surface area (TPSA) is 127 Å². The number of nitro benzene ring substituents is 1. The van der Waals surface area contributed by atoms with Crippen molar-refractivity contribution in [3.05, 3.63) is 39.4 Å². The first-order valence-corrected chi connectivity index (χ1v) is 4.88. The molecule has 0 spiro atoms. The normalized spacial score (nSPS) is 9.53. The summed E-state index contributed by atoms with van der Waals surface area (Å²) in [6, 6.07) is 3.93. The lowest BCUT2D eigenvalue weighted by atomic mass is 10.1. The average Bonchev–Trinajstić information content (AvgIpc) is 2.34. The molecular weight excluding hydrogens is 258 g/mol. The molecule has 8 heteroatoms. The number of benzene rings is 1. The molecule has 1 aromatic rings. The van der Waals surface area contributed by atoms with Crippen LogP contribution in [0.25, 0.3) is 6.08 Å². The van der Waals surface area contributed by atoms with Gasteiger partial charge in [-0.1, -0.05) is 6.07 Å².